The van der Waals surface area contributed by atoms with E-state index < -0.39 is 35.8 Å². The van der Waals surface area contributed by atoms with Crippen LogP contribution in [0.25, 0.3) is 0 Å². The van der Waals surface area contributed by atoms with Crippen molar-refractivity contribution in [1.82, 2.24) is 10.2 Å². The molecule has 29 heavy (non-hydrogen) atoms. The van der Waals surface area contributed by atoms with Gasteiger partial charge in [-0.15, -0.1) is 0 Å². The van der Waals surface area contributed by atoms with Gasteiger partial charge in [-0.1, -0.05) is 36.9 Å². The predicted molar refractivity (Wildman–Crippen MR) is 105 cm³/mol. The van der Waals surface area contributed by atoms with Crippen LogP contribution in [0.15, 0.2) is 43.0 Å². The van der Waals surface area contributed by atoms with E-state index in [0.29, 0.717) is 6.08 Å². The zero-order chi connectivity index (χ0) is 21.7. The van der Waals surface area contributed by atoms with Crippen LogP contribution in [0.2, 0.25) is 0 Å². The number of likely N-dealkylation sites (tertiary alicyclic amines) is 1. The van der Waals surface area contributed by atoms with Crippen LogP contribution in [-0.4, -0.2) is 47.2 Å². The summed E-state index contributed by atoms with van der Waals surface area (Å²) in [6.07, 6.45) is -0.974. The van der Waals surface area contributed by atoms with Gasteiger partial charge in [0.15, 0.2) is 0 Å². The predicted octanol–water partition coefficient (Wildman–Crippen LogP) is 4.50. The summed E-state index contributed by atoms with van der Waals surface area (Å²) in [7, 11) is 0. The molecular weight excluding hydrogens is 382 g/mol. The Morgan fingerprint density at radius 2 is 1.93 bits per heavy atom. The van der Waals surface area contributed by atoms with Crippen LogP contribution in [0.1, 0.15) is 39.2 Å². The fourth-order valence-electron chi connectivity index (χ4n) is 3.15. The Hall–Kier alpha value is -2.64. The highest BCUT2D eigenvalue weighted by Gasteiger charge is 2.55. The molecule has 1 aromatic carbocycles. The van der Waals surface area contributed by atoms with Gasteiger partial charge in [-0.2, -0.15) is 8.78 Å². The zero-order valence-electron chi connectivity index (χ0n) is 17.0. The second-order valence-electron chi connectivity index (χ2n) is 8.10. The van der Waals surface area contributed by atoms with Crippen molar-refractivity contribution in [2.75, 3.05) is 13.1 Å². The number of hydrogen-bond acceptors (Lipinski definition) is 4. The van der Waals surface area contributed by atoms with Gasteiger partial charge < -0.3 is 19.7 Å². The molecule has 1 aromatic rings. The number of hydrogen-bond donors (Lipinski definition) is 1. The Labute approximate surface area is 169 Å². The molecule has 1 unspecified atom stereocenters. The molecule has 2 rings (SSSR count). The van der Waals surface area contributed by atoms with Gasteiger partial charge >= 0.3 is 12.2 Å². The minimum absolute atomic E-state index is 0.0360. The van der Waals surface area contributed by atoms with Gasteiger partial charge in [0.2, 0.25) is 0 Å². The fraction of sp³-hybridized carbons (Fsp3) is 0.524. The molecule has 1 heterocycles. The quantitative estimate of drug-likeness (QED) is 0.726. The highest BCUT2D eigenvalue weighted by molar-refractivity contribution is 5.71. The maximum atomic E-state index is 14.8. The number of rotatable bonds is 5. The molecular formula is C21H28F2N2O4. The molecule has 0 spiro atoms. The van der Waals surface area contributed by atoms with Crippen molar-refractivity contribution >= 4 is 12.2 Å². The number of benzene rings is 1. The van der Waals surface area contributed by atoms with E-state index in [4.69, 9.17) is 9.47 Å². The summed E-state index contributed by atoms with van der Waals surface area (Å²) in [5.41, 5.74) is -2.07. The van der Waals surface area contributed by atoms with Gasteiger partial charge in [-0.3, -0.25) is 0 Å². The molecule has 0 aromatic heterocycles. The normalized spacial score (nSPS) is 20.0. The first-order valence-electron chi connectivity index (χ1n) is 9.46. The summed E-state index contributed by atoms with van der Waals surface area (Å²) in [5, 5.41) is 2.31. The van der Waals surface area contributed by atoms with Crippen molar-refractivity contribution in [3.8, 4) is 0 Å². The number of ether oxygens (including phenoxy) is 2. The summed E-state index contributed by atoms with van der Waals surface area (Å²) in [6, 6.07) is 8.89. The van der Waals surface area contributed by atoms with Crippen LogP contribution >= 0.6 is 0 Å². The van der Waals surface area contributed by atoms with Gasteiger partial charge in [0.25, 0.3) is 5.92 Å². The van der Waals surface area contributed by atoms with Crippen molar-refractivity contribution in [3.63, 3.8) is 0 Å². The number of alkyl carbamates (subject to hydrolysis) is 1. The molecule has 0 bridgehead atoms. The van der Waals surface area contributed by atoms with Crippen LogP contribution < -0.4 is 5.32 Å². The first-order chi connectivity index (χ1) is 13.5. The molecule has 6 nitrogen and oxygen atoms in total. The Bertz CT molecular complexity index is 734. The molecule has 160 valence electrons. The molecule has 1 aliphatic rings. The number of piperidine rings is 1. The smallest absolute Gasteiger partial charge is 0.410 e. The number of carbonyl (C=O) groups is 2. The molecule has 1 N–H and O–H groups in total. The monoisotopic (exact) mass is 410 g/mol. The minimum atomic E-state index is -3.46. The second-order valence-corrected chi connectivity index (χ2v) is 8.10. The van der Waals surface area contributed by atoms with Gasteiger partial charge in [-0.25, -0.2) is 9.59 Å². The molecule has 0 aliphatic carbocycles. The van der Waals surface area contributed by atoms with E-state index in [1.54, 1.807) is 45.0 Å². The fourth-order valence-corrected chi connectivity index (χ4v) is 3.15. The van der Waals surface area contributed by atoms with Crippen molar-refractivity contribution < 1.29 is 27.8 Å². The van der Waals surface area contributed by atoms with E-state index in [1.807, 2.05) is 6.07 Å². The van der Waals surface area contributed by atoms with Crippen molar-refractivity contribution in [2.24, 2.45) is 0 Å². The molecule has 1 saturated heterocycles. The summed E-state index contributed by atoms with van der Waals surface area (Å²) < 4.78 is 40.1. The van der Waals surface area contributed by atoms with Crippen LogP contribution in [0, 0.1) is 0 Å². The van der Waals surface area contributed by atoms with E-state index in [0.717, 1.165) is 5.56 Å². The number of alkyl halides is 2. The maximum Gasteiger partial charge on any atom is 0.410 e. The van der Waals surface area contributed by atoms with Gasteiger partial charge in [0.1, 0.15) is 17.7 Å². The van der Waals surface area contributed by atoms with Gasteiger partial charge in [0, 0.05) is 6.54 Å². The highest BCUT2D eigenvalue weighted by Crippen LogP contribution is 2.37. The molecule has 0 saturated carbocycles. The average Bonchev–Trinajstić information content (AvgIpc) is 2.66. The number of nitrogens with zero attached hydrogens (tertiary/aromatic N) is 1. The third kappa shape index (κ3) is 5.92. The molecule has 0 radical (unpaired) electrons. The molecule has 1 aliphatic heterocycles. The Morgan fingerprint density at radius 1 is 1.28 bits per heavy atom. The molecule has 2 amide bonds. The minimum Gasteiger partial charge on any atom is -0.445 e. The lowest BCUT2D eigenvalue weighted by atomic mass is 9.83. The number of amides is 2. The zero-order valence-corrected chi connectivity index (χ0v) is 17.0. The lowest BCUT2D eigenvalue weighted by Gasteiger charge is -2.46. The SMILES string of the molecule is C=CC(F)(F)C1(NC(=O)OCc2ccccc2)CCCN(C(=O)OC(C)(C)C)C1. The number of carbonyl (C=O) groups excluding carboxylic acids is 2. The van der Waals surface area contributed by atoms with Crippen LogP contribution in [0.4, 0.5) is 18.4 Å². The standard InChI is InChI=1S/C21H28F2N2O4/c1-5-21(22,23)20(24-17(26)28-14-16-10-7-6-8-11-16)12-9-13-25(15-20)18(27)29-19(2,3)4/h5-8,10-11H,1,9,12-15H2,2-4H3,(H,24,26). The molecule has 8 heteroatoms. The average molecular weight is 410 g/mol. The van der Waals surface area contributed by atoms with E-state index in [-0.39, 0.29) is 26.0 Å². The Morgan fingerprint density at radius 3 is 2.52 bits per heavy atom. The molecule has 1 atom stereocenters. The van der Waals surface area contributed by atoms with Crippen LogP contribution in [0.5, 0.6) is 0 Å². The van der Waals surface area contributed by atoms with E-state index in [1.165, 1.54) is 4.90 Å². The third-order valence-electron chi connectivity index (χ3n) is 4.59. The van der Waals surface area contributed by atoms with E-state index in [9.17, 15) is 18.4 Å². The van der Waals surface area contributed by atoms with E-state index >= 15 is 0 Å². The summed E-state index contributed by atoms with van der Waals surface area (Å²) in [6.45, 7) is 8.07. The van der Waals surface area contributed by atoms with Crippen molar-refractivity contribution in [3.05, 3.63) is 48.6 Å². The summed E-state index contributed by atoms with van der Waals surface area (Å²) >= 11 is 0. The first kappa shape index (κ1) is 22.6. The highest BCUT2D eigenvalue weighted by atomic mass is 19.3. The lowest BCUT2D eigenvalue weighted by molar-refractivity contribution is -0.0784. The van der Waals surface area contributed by atoms with Gasteiger partial charge in [0.05, 0.1) is 6.54 Å². The Balaban J connectivity index is 2.14. The largest absolute Gasteiger partial charge is 0.445 e. The molecule has 1 fully saturated rings. The topological polar surface area (TPSA) is 67.9 Å². The maximum absolute atomic E-state index is 14.8. The number of nitrogens with one attached hydrogen (secondary N) is 1. The van der Waals surface area contributed by atoms with Crippen LogP contribution in [-0.2, 0) is 16.1 Å². The van der Waals surface area contributed by atoms with Gasteiger partial charge in [-0.05, 0) is 45.3 Å². The summed E-state index contributed by atoms with van der Waals surface area (Å²) in [4.78, 5) is 25.9. The third-order valence-corrected chi connectivity index (χ3v) is 4.59. The summed E-state index contributed by atoms with van der Waals surface area (Å²) in [5.74, 6) is -3.46. The second kappa shape index (κ2) is 8.80. The van der Waals surface area contributed by atoms with Crippen molar-refractivity contribution in [1.29, 1.82) is 0 Å². The van der Waals surface area contributed by atoms with Crippen LogP contribution in [0.3, 0.4) is 0 Å². The van der Waals surface area contributed by atoms with E-state index in [2.05, 4.69) is 11.9 Å². The lowest BCUT2D eigenvalue weighted by Crippen LogP contribution is -2.68. The number of halogens is 2. The Kier molecular flexibility index (Phi) is 6.87. The first-order valence-corrected chi connectivity index (χ1v) is 9.46. The van der Waals surface area contributed by atoms with Crippen molar-refractivity contribution in [2.45, 2.75) is 57.3 Å².